The number of sulfonamides is 1. The summed E-state index contributed by atoms with van der Waals surface area (Å²) in [6.45, 7) is 2.21. The summed E-state index contributed by atoms with van der Waals surface area (Å²) in [6, 6.07) is 6.28. The monoisotopic (exact) mass is 312 g/mol. The lowest BCUT2D eigenvalue weighted by Gasteiger charge is -2.27. The summed E-state index contributed by atoms with van der Waals surface area (Å²) in [7, 11) is -3.56. The van der Waals surface area contributed by atoms with Gasteiger partial charge in [-0.1, -0.05) is 25.0 Å². The zero-order valence-electron chi connectivity index (χ0n) is 12.4. The highest BCUT2D eigenvalue weighted by Crippen LogP contribution is 2.25. The molecular formula is C15H24N2O3S. The number of hydrogen-bond acceptors (Lipinski definition) is 4. The van der Waals surface area contributed by atoms with Crippen molar-refractivity contribution in [3.8, 4) is 0 Å². The molecule has 21 heavy (non-hydrogen) atoms. The van der Waals surface area contributed by atoms with Gasteiger partial charge in [0.2, 0.25) is 10.0 Å². The van der Waals surface area contributed by atoms with Crippen LogP contribution in [0.4, 0.5) is 0 Å². The van der Waals surface area contributed by atoms with Gasteiger partial charge in [0.1, 0.15) is 0 Å². The van der Waals surface area contributed by atoms with E-state index < -0.39 is 10.0 Å². The molecule has 118 valence electrons. The SMILES string of the molecule is CC(N)c1ccc(S(=O)(=O)N2CCCCCC2CO)cc1. The maximum atomic E-state index is 12.8. The van der Waals surface area contributed by atoms with Gasteiger partial charge in [0.25, 0.3) is 0 Å². The topological polar surface area (TPSA) is 83.6 Å². The fourth-order valence-corrected chi connectivity index (χ4v) is 4.41. The lowest BCUT2D eigenvalue weighted by Crippen LogP contribution is -2.42. The predicted octanol–water partition coefficient (Wildman–Crippen LogP) is 1.63. The Labute approximate surface area is 126 Å². The zero-order chi connectivity index (χ0) is 15.5. The van der Waals surface area contributed by atoms with E-state index in [1.807, 2.05) is 6.92 Å². The number of aliphatic hydroxyl groups is 1. The third kappa shape index (κ3) is 3.63. The number of aliphatic hydroxyl groups excluding tert-OH is 1. The van der Waals surface area contributed by atoms with Crippen LogP contribution in [0.2, 0.25) is 0 Å². The Morgan fingerprint density at radius 3 is 2.52 bits per heavy atom. The molecule has 2 rings (SSSR count). The molecule has 0 aromatic heterocycles. The Morgan fingerprint density at radius 1 is 1.29 bits per heavy atom. The molecule has 0 spiro atoms. The summed E-state index contributed by atoms with van der Waals surface area (Å²) in [6.07, 6.45) is 3.52. The van der Waals surface area contributed by atoms with Gasteiger partial charge in [-0.25, -0.2) is 8.42 Å². The molecule has 1 aliphatic heterocycles. The standard InChI is InChI=1S/C15H24N2O3S/c1-12(16)13-6-8-15(9-7-13)21(19,20)17-10-4-2-3-5-14(17)11-18/h6-9,12,14,18H,2-5,10-11,16H2,1H3. The number of nitrogens with zero attached hydrogens (tertiary/aromatic N) is 1. The first kappa shape index (κ1) is 16.4. The second-order valence-corrected chi connectivity index (χ2v) is 7.55. The molecule has 5 nitrogen and oxygen atoms in total. The highest BCUT2D eigenvalue weighted by molar-refractivity contribution is 7.89. The summed E-state index contributed by atoms with van der Waals surface area (Å²) in [5.74, 6) is 0. The van der Waals surface area contributed by atoms with E-state index in [1.54, 1.807) is 24.3 Å². The lowest BCUT2D eigenvalue weighted by atomic mass is 10.1. The third-order valence-corrected chi connectivity index (χ3v) is 6.01. The van der Waals surface area contributed by atoms with Crippen molar-refractivity contribution >= 4 is 10.0 Å². The molecule has 1 aromatic carbocycles. The summed E-state index contributed by atoms with van der Waals surface area (Å²) < 4.78 is 27.0. The molecule has 6 heteroatoms. The molecule has 1 aromatic rings. The molecular weight excluding hydrogens is 288 g/mol. The first-order valence-corrected chi connectivity index (χ1v) is 8.89. The van der Waals surface area contributed by atoms with Crippen LogP contribution in [0.3, 0.4) is 0 Å². The van der Waals surface area contributed by atoms with E-state index in [0.29, 0.717) is 13.0 Å². The van der Waals surface area contributed by atoms with Gasteiger partial charge in [-0.05, 0) is 37.5 Å². The van der Waals surface area contributed by atoms with Crippen LogP contribution in [0.25, 0.3) is 0 Å². The molecule has 3 N–H and O–H groups in total. The van der Waals surface area contributed by atoms with Crippen LogP contribution in [0.15, 0.2) is 29.2 Å². The van der Waals surface area contributed by atoms with Gasteiger partial charge in [-0.3, -0.25) is 0 Å². The molecule has 0 saturated carbocycles. The first-order valence-electron chi connectivity index (χ1n) is 7.45. The van der Waals surface area contributed by atoms with Crippen molar-refractivity contribution in [2.24, 2.45) is 5.73 Å². The molecule has 1 heterocycles. The van der Waals surface area contributed by atoms with Crippen LogP contribution < -0.4 is 5.73 Å². The summed E-state index contributed by atoms with van der Waals surface area (Å²) >= 11 is 0. The van der Waals surface area contributed by atoms with Crippen LogP contribution in [0, 0.1) is 0 Å². The van der Waals surface area contributed by atoms with Gasteiger partial charge in [-0.2, -0.15) is 4.31 Å². The Morgan fingerprint density at radius 2 is 1.95 bits per heavy atom. The van der Waals surface area contributed by atoms with Crippen molar-refractivity contribution in [3.63, 3.8) is 0 Å². The highest BCUT2D eigenvalue weighted by atomic mass is 32.2. The van der Waals surface area contributed by atoms with Gasteiger partial charge in [0.15, 0.2) is 0 Å². The molecule has 0 aliphatic carbocycles. The Hall–Kier alpha value is -0.950. The van der Waals surface area contributed by atoms with E-state index in [0.717, 1.165) is 24.8 Å². The molecule has 1 fully saturated rings. The van der Waals surface area contributed by atoms with Crippen LogP contribution in [0.1, 0.15) is 44.2 Å². The number of nitrogens with two attached hydrogens (primary N) is 1. The number of hydrogen-bond donors (Lipinski definition) is 2. The summed E-state index contributed by atoms with van der Waals surface area (Å²) in [4.78, 5) is 0.271. The first-order chi connectivity index (χ1) is 9.96. The molecule has 0 radical (unpaired) electrons. The summed E-state index contributed by atoms with van der Waals surface area (Å²) in [5.41, 5.74) is 6.69. The van der Waals surface area contributed by atoms with Crippen molar-refractivity contribution in [3.05, 3.63) is 29.8 Å². The summed E-state index contributed by atoms with van der Waals surface area (Å²) in [5, 5.41) is 9.49. The fraction of sp³-hybridized carbons (Fsp3) is 0.600. The van der Waals surface area contributed by atoms with Crippen molar-refractivity contribution < 1.29 is 13.5 Å². The van der Waals surface area contributed by atoms with E-state index in [1.165, 1.54) is 4.31 Å². The average molecular weight is 312 g/mol. The second kappa shape index (κ2) is 6.87. The minimum absolute atomic E-state index is 0.120. The van der Waals surface area contributed by atoms with Crippen LogP contribution in [-0.2, 0) is 10.0 Å². The smallest absolute Gasteiger partial charge is 0.243 e. The normalized spacial score (nSPS) is 22.7. The van der Waals surface area contributed by atoms with E-state index >= 15 is 0 Å². The second-order valence-electron chi connectivity index (χ2n) is 5.66. The van der Waals surface area contributed by atoms with Crippen LogP contribution in [-0.4, -0.2) is 37.0 Å². The molecule has 2 unspecified atom stereocenters. The largest absolute Gasteiger partial charge is 0.395 e. The van der Waals surface area contributed by atoms with Crippen LogP contribution >= 0.6 is 0 Å². The maximum absolute atomic E-state index is 12.8. The Kier molecular flexibility index (Phi) is 5.37. The van der Waals surface area contributed by atoms with Crippen LogP contribution in [0.5, 0.6) is 0 Å². The Balaban J connectivity index is 2.30. The minimum Gasteiger partial charge on any atom is -0.395 e. The Bertz CT molecular complexity index is 555. The minimum atomic E-state index is -3.56. The van der Waals surface area contributed by atoms with Crippen molar-refractivity contribution in [2.75, 3.05) is 13.2 Å². The average Bonchev–Trinajstić information content (AvgIpc) is 2.72. The quantitative estimate of drug-likeness (QED) is 0.885. The van der Waals surface area contributed by atoms with E-state index in [4.69, 9.17) is 5.73 Å². The van der Waals surface area contributed by atoms with Gasteiger partial charge in [0.05, 0.1) is 11.5 Å². The number of benzene rings is 1. The molecule has 1 saturated heterocycles. The molecule has 0 bridgehead atoms. The lowest BCUT2D eigenvalue weighted by molar-refractivity contribution is 0.186. The third-order valence-electron chi connectivity index (χ3n) is 4.05. The van der Waals surface area contributed by atoms with E-state index in [-0.39, 0.29) is 23.6 Å². The fourth-order valence-electron chi connectivity index (χ4n) is 2.73. The van der Waals surface area contributed by atoms with Crippen molar-refractivity contribution in [1.82, 2.24) is 4.31 Å². The van der Waals surface area contributed by atoms with Gasteiger partial charge >= 0.3 is 0 Å². The molecule has 2 atom stereocenters. The van der Waals surface area contributed by atoms with Crippen molar-refractivity contribution in [1.29, 1.82) is 0 Å². The van der Waals surface area contributed by atoms with E-state index in [9.17, 15) is 13.5 Å². The molecule has 0 amide bonds. The van der Waals surface area contributed by atoms with E-state index in [2.05, 4.69) is 0 Å². The molecule has 1 aliphatic rings. The highest BCUT2D eigenvalue weighted by Gasteiger charge is 2.31. The van der Waals surface area contributed by atoms with Crippen molar-refractivity contribution in [2.45, 2.75) is 49.6 Å². The van der Waals surface area contributed by atoms with Gasteiger partial charge in [-0.15, -0.1) is 0 Å². The maximum Gasteiger partial charge on any atom is 0.243 e. The number of rotatable bonds is 4. The predicted molar refractivity (Wildman–Crippen MR) is 82.3 cm³/mol. The van der Waals surface area contributed by atoms with Gasteiger partial charge < -0.3 is 10.8 Å². The van der Waals surface area contributed by atoms with Gasteiger partial charge in [0, 0.05) is 18.6 Å². The zero-order valence-corrected chi connectivity index (χ0v) is 13.2.